The van der Waals surface area contributed by atoms with Crippen LogP contribution < -0.4 is 11.1 Å². The Labute approximate surface area is 162 Å². The second kappa shape index (κ2) is 9.55. The molecule has 3 rings (SSSR count). The van der Waals surface area contributed by atoms with Gasteiger partial charge < -0.3 is 25.6 Å². The number of aliphatic hydroxyl groups excluding tert-OH is 1. The van der Waals surface area contributed by atoms with Crippen LogP contribution in [0.2, 0.25) is 0 Å². The molecule has 2 atom stereocenters. The van der Waals surface area contributed by atoms with Crippen molar-refractivity contribution in [2.75, 3.05) is 24.3 Å². The zero-order valence-corrected chi connectivity index (χ0v) is 15.8. The zero-order chi connectivity index (χ0) is 19.1. The topological polar surface area (TPSA) is 93.8 Å². The normalized spacial score (nSPS) is 19.2. The second-order valence-corrected chi connectivity index (χ2v) is 7.26. The highest BCUT2D eigenvalue weighted by atomic mass is 32.1. The maximum atomic E-state index is 12.7. The fraction of sp³-hybridized carbons (Fsp3) is 0.350. The van der Waals surface area contributed by atoms with E-state index in [0.717, 1.165) is 11.3 Å². The molecule has 4 N–H and O–H groups in total. The number of thiophene rings is 1. The van der Waals surface area contributed by atoms with Crippen molar-refractivity contribution >= 4 is 28.6 Å². The third-order valence-electron chi connectivity index (χ3n) is 4.25. The van der Waals surface area contributed by atoms with E-state index in [4.69, 9.17) is 20.3 Å². The Morgan fingerprint density at radius 3 is 2.89 bits per heavy atom. The molecule has 6 nitrogen and oxygen atoms in total. The van der Waals surface area contributed by atoms with Gasteiger partial charge in [-0.05, 0) is 42.5 Å². The summed E-state index contributed by atoms with van der Waals surface area (Å²) in [5.41, 5.74) is 6.95. The number of amides is 1. The molecule has 2 heterocycles. The van der Waals surface area contributed by atoms with Gasteiger partial charge in [0.05, 0.1) is 18.0 Å². The summed E-state index contributed by atoms with van der Waals surface area (Å²) in [7, 11) is 0. The fourth-order valence-corrected chi connectivity index (χ4v) is 3.65. The van der Waals surface area contributed by atoms with E-state index >= 15 is 0 Å². The quantitative estimate of drug-likeness (QED) is 0.475. The Hall–Kier alpha value is -2.35. The molecule has 0 unspecified atom stereocenters. The molecular formula is C20H24N2O4S. The minimum atomic E-state index is -0.505. The van der Waals surface area contributed by atoms with E-state index in [2.05, 4.69) is 5.32 Å². The van der Waals surface area contributed by atoms with Crippen LogP contribution in [-0.2, 0) is 14.3 Å². The molecule has 1 aromatic carbocycles. The maximum Gasteiger partial charge on any atom is 0.290 e. The molecule has 0 radical (unpaired) electrons. The van der Waals surface area contributed by atoms with Crippen LogP contribution in [0.15, 0.2) is 53.6 Å². The Morgan fingerprint density at radius 2 is 2.15 bits per heavy atom. The Balaban J connectivity index is 1.72. The lowest BCUT2D eigenvalue weighted by molar-refractivity contribution is -0.143. The molecule has 2 aromatic rings. The van der Waals surface area contributed by atoms with Crippen molar-refractivity contribution in [2.45, 2.75) is 31.5 Å². The molecule has 27 heavy (non-hydrogen) atoms. The number of benzene rings is 1. The first-order valence-electron chi connectivity index (χ1n) is 8.97. The number of allylic oxidation sites excluding steroid dienone is 1. The van der Waals surface area contributed by atoms with Gasteiger partial charge in [0.25, 0.3) is 5.91 Å². The largest absolute Gasteiger partial charge is 0.459 e. The van der Waals surface area contributed by atoms with Gasteiger partial charge in [-0.2, -0.15) is 0 Å². The molecule has 0 bridgehead atoms. The summed E-state index contributed by atoms with van der Waals surface area (Å²) in [5, 5.41) is 13.7. The summed E-state index contributed by atoms with van der Waals surface area (Å²) in [6.07, 6.45) is 3.40. The lowest BCUT2D eigenvalue weighted by atomic mass is 9.99. The third-order valence-corrected chi connectivity index (χ3v) is 5.26. The van der Waals surface area contributed by atoms with Gasteiger partial charge in [0.2, 0.25) is 6.29 Å². The summed E-state index contributed by atoms with van der Waals surface area (Å²) in [5.74, 6) is -0.0661. The van der Waals surface area contributed by atoms with Crippen LogP contribution in [0.5, 0.6) is 0 Å². The number of hydrogen-bond acceptors (Lipinski definition) is 6. The number of nitrogen functional groups attached to an aromatic ring is 1. The number of nitrogens with one attached hydrogen (secondary N) is 1. The monoisotopic (exact) mass is 388 g/mol. The predicted octanol–water partition coefficient (Wildman–Crippen LogP) is 3.47. The van der Waals surface area contributed by atoms with Gasteiger partial charge in [-0.1, -0.05) is 18.2 Å². The average molecular weight is 388 g/mol. The molecular weight excluding hydrogens is 364 g/mol. The van der Waals surface area contributed by atoms with Crippen molar-refractivity contribution in [3.05, 3.63) is 58.5 Å². The summed E-state index contributed by atoms with van der Waals surface area (Å²) in [4.78, 5) is 13.9. The lowest BCUT2D eigenvalue weighted by Crippen LogP contribution is -2.29. The molecule has 1 aromatic heterocycles. The van der Waals surface area contributed by atoms with Gasteiger partial charge in [-0.15, -0.1) is 11.3 Å². The van der Waals surface area contributed by atoms with E-state index in [1.54, 1.807) is 23.5 Å². The molecule has 7 heteroatoms. The summed E-state index contributed by atoms with van der Waals surface area (Å²) >= 11 is 1.64. The highest BCUT2D eigenvalue weighted by Crippen LogP contribution is 2.34. The zero-order valence-electron chi connectivity index (χ0n) is 15.0. The molecule has 0 fully saturated rings. The summed E-state index contributed by atoms with van der Waals surface area (Å²) in [6, 6.07) is 11.1. The number of anilines is 2. The molecule has 1 amide bonds. The number of nitrogens with two attached hydrogens (primary N) is 1. The summed E-state index contributed by atoms with van der Waals surface area (Å²) < 4.78 is 11.6. The number of carbonyl (C=O) groups is 1. The molecule has 0 spiro atoms. The standard InChI is InChI=1S/C20H24N2O4S/c21-15-6-1-2-7-16(15)22-20(24)17-12-14(18-8-5-11-27-18)13-19(26-17)25-10-4-3-9-23/h1-2,5-8,11-12,14,19,23H,3-4,9-10,13,21H2,(H,22,24)/t14-,19+/m1/s1. The minimum Gasteiger partial charge on any atom is -0.459 e. The first-order valence-corrected chi connectivity index (χ1v) is 9.85. The van der Waals surface area contributed by atoms with E-state index < -0.39 is 6.29 Å². The highest BCUT2D eigenvalue weighted by Gasteiger charge is 2.29. The summed E-state index contributed by atoms with van der Waals surface area (Å²) in [6.45, 7) is 0.613. The number of para-hydroxylation sites is 2. The molecule has 1 aliphatic heterocycles. The maximum absolute atomic E-state index is 12.7. The van der Waals surface area contributed by atoms with Crippen LogP contribution >= 0.6 is 11.3 Å². The van der Waals surface area contributed by atoms with E-state index in [9.17, 15) is 4.79 Å². The highest BCUT2D eigenvalue weighted by molar-refractivity contribution is 7.10. The van der Waals surface area contributed by atoms with Gasteiger partial charge in [0, 0.05) is 23.8 Å². The van der Waals surface area contributed by atoms with Gasteiger partial charge in [0.1, 0.15) is 0 Å². The van der Waals surface area contributed by atoms with Crippen molar-refractivity contribution in [1.29, 1.82) is 0 Å². The van der Waals surface area contributed by atoms with Gasteiger partial charge in [0.15, 0.2) is 5.76 Å². The third kappa shape index (κ3) is 5.32. The second-order valence-electron chi connectivity index (χ2n) is 6.28. The van der Waals surface area contributed by atoms with Crippen LogP contribution in [0, 0.1) is 0 Å². The fourth-order valence-electron chi connectivity index (χ4n) is 2.84. The van der Waals surface area contributed by atoms with Crippen LogP contribution in [0.1, 0.15) is 30.1 Å². The number of hydrogen-bond donors (Lipinski definition) is 3. The Kier molecular flexibility index (Phi) is 6.86. The lowest BCUT2D eigenvalue weighted by Gasteiger charge is -2.28. The van der Waals surface area contributed by atoms with Crippen molar-refractivity contribution in [1.82, 2.24) is 0 Å². The van der Waals surface area contributed by atoms with Gasteiger partial charge in [-0.25, -0.2) is 0 Å². The van der Waals surface area contributed by atoms with Crippen LogP contribution in [0.3, 0.4) is 0 Å². The molecule has 0 aliphatic carbocycles. The molecule has 144 valence electrons. The number of aliphatic hydroxyl groups is 1. The molecule has 1 aliphatic rings. The van der Waals surface area contributed by atoms with Crippen molar-refractivity contribution in [3.8, 4) is 0 Å². The van der Waals surface area contributed by atoms with Gasteiger partial charge >= 0.3 is 0 Å². The minimum absolute atomic E-state index is 0.0514. The van der Waals surface area contributed by atoms with E-state index in [0.29, 0.717) is 30.8 Å². The molecule has 0 saturated heterocycles. The Morgan fingerprint density at radius 1 is 1.30 bits per heavy atom. The van der Waals surface area contributed by atoms with Crippen molar-refractivity contribution < 1.29 is 19.4 Å². The first-order chi connectivity index (χ1) is 13.2. The van der Waals surface area contributed by atoms with Crippen LogP contribution in [0.25, 0.3) is 0 Å². The van der Waals surface area contributed by atoms with Crippen LogP contribution in [-0.4, -0.2) is 30.5 Å². The predicted molar refractivity (Wildman–Crippen MR) is 106 cm³/mol. The van der Waals surface area contributed by atoms with Crippen molar-refractivity contribution in [2.24, 2.45) is 0 Å². The van der Waals surface area contributed by atoms with Gasteiger partial charge in [-0.3, -0.25) is 4.79 Å². The number of carbonyl (C=O) groups excluding carboxylic acids is 1. The molecule has 0 saturated carbocycles. The van der Waals surface area contributed by atoms with E-state index in [-0.39, 0.29) is 24.2 Å². The smallest absolute Gasteiger partial charge is 0.290 e. The number of ether oxygens (including phenoxy) is 2. The first kappa shape index (κ1) is 19.4. The average Bonchev–Trinajstić information content (AvgIpc) is 3.22. The van der Waals surface area contributed by atoms with E-state index in [1.165, 1.54) is 0 Å². The van der Waals surface area contributed by atoms with Crippen LogP contribution in [0.4, 0.5) is 11.4 Å². The Bertz CT molecular complexity index is 776. The van der Waals surface area contributed by atoms with E-state index in [1.807, 2.05) is 35.7 Å². The van der Waals surface area contributed by atoms with Crippen molar-refractivity contribution in [3.63, 3.8) is 0 Å². The number of unbranched alkanes of at least 4 members (excludes halogenated alkanes) is 1. The number of rotatable bonds is 8. The SMILES string of the molecule is Nc1ccccc1NC(=O)C1=C[C@@H](c2cccs2)C[C@@H](OCCCCO)O1.